The van der Waals surface area contributed by atoms with Gasteiger partial charge in [0.25, 0.3) is 0 Å². The number of aromatic carboxylic acids is 1. The van der Waals surface area contributed by atoms with Gasteiger partial charge < -0.3 is 15.2 Å². The Hall–Kier alpha value is -3.64. The van der Waals surface area contributed by atoms with Gasteiger partial charge in [-0.1, -0.05) is 23.7 Å². The Balaban J connectivity index is 1.70. The summed E-state index contributed by atoms with van der Waals surface area (Å²) in [7, 11) is 0. The van der Waals surface area contributed by atoms with E-state index in [4.69, 9.17) is 21.4 Å². The Morgan fingerprint density at radius 3 is 2.45 bits per heavy atom. The number of hydrogen-bond acceptors (Lipinski definition) is 4. The highest BCUT2D eigenvalue weighted by molar-refractivity contribution is 6.36. The molecule has 0 radical (unpaired) electrons. The van der Waals surface area contributed by atoms with Gasteiger partial charge in [-0.05, 0) is 67.1 Å². The highest BCUT2D eigenvalue weighted by atomic mass is 35.5. The van der Waals surface area contributed by atoms with E-state index in [1.807, 2.05) is 6.92 Å². The Morgan fingerprint density at radius 2 is 1.77 bits per heavy atom. The molecule has 0 aliphatic rings. The number of carbonyl (C=O) groups is 1. The van der Waals surface area contributed by atoms with Crippen molar-refractivity contribution in [1.29, 1.82) is 0 Å². The molecule has 0 amide bonds. The van der Waals surface area contributed by atoms with Crippen LogP contribution in [0.3, 0.4) is 0 Å². The van der Waals surface area contributed by atoms with Crippen molar-refractivity contribution in [2.45, 2.75) is 13.0 Å². The number of nitrogens with zero attached hydrogens (tertiary/aromatic N) is 1. The van der Waals surface area contributed by atoms with E-state index in [1.54, 1.807) is 60.8 Å². The molecule has 31 heavy (non-hydrogen) atoms. The lowest BCUT2D eigenvalue weighted by Crippen LogP contribution is -2.09. The van der Waals surface area contributed by atoms with E-state index in [-0.39, 0.29) is 17.4 Å². The van der Waals surface area contributed by atoms with Crippen LogP contribution in [0.4, 0.5) is 10.2 Å². The number of carboxylic acid groups (broad SMARTS) is 1. The van der Waals surface area contributed by atoms with Crippen molar-refractivity contribution in [2.24, 2.45) is 0 Å². The third kappa shape index (κ3) is 4.44. The first-order valence-electron chi connectivity index (χ1n) is 9.53. The molecule has 0 bridgehead atoms. The van der Waals surface area contributed by atoms with Crippen molar-refractivity contribution in [1.82, 2.24) is 4.98 Å². The van der Waals surface area contributed by atoms with Crippen molar-refractivity contribution in [3.63, 3.8) is 0 Å². The highest BCUT2D eigenvalue weighted by Gasteiger charge is 2.15. The first-order valence-corrected chi connectivity index (χ1v) is 9.90. The van der Waals surface area contributed by atoms with E-state index in [1.165, 1.54) is 12.1 Å². The number of halogens is 2. The van der Waals surface area contributed by atoms with Crippen molar-refractivity contribution in [2.75, 3.05) is 5.32 Å². The van der Waals surface area contributed by atoms with Gasteiger partial charge in [0.2, 0.25) is 0 Å². The second kappa shape index (κ2) is 8.62. The van der Waals surface area contributed by atoms with E-state index < -0.39 is 5.97 Å². The zero-order chi connectivity index (χ0) is 22.0. The van der Waals surface area contributed by atoms with E-state index in [0.717, 1.165) is 10.9 Å². The molecule has 7 heteroatoms. The van der Waals surface area contributed by atoms with Crippen LogP contribution in [-0.2, 0) is 0 Å². The van der Waals surface area contributed by atoms with Gasteiger partial charge >= 0.3 is 5.97 Å². The molecule has 156 valence electrons. The SMILES string of the molecule is C[C@H](Nc1nccc2c(Cl)ccc(Oc3ccc(F)cc3)c12)c1ccc(C(=O)O)cc1. The van der Waals surface area contributed by atoms with Crippen LogP contribution in [0.25, 0.3) is 10.8 Å². The van der Waals surface area contributed by atoms with Crippen LogP contribution in [0.2, 0.25) is 5.02 Å². The fraction of sp³-hybridized carbons (Fsp3) is 0.0833. The van der Waals surface area contributed by atoms with E-state index in [9.17, 15) is 9.18 Å². The average molecular weight is 437 g/mol. The van der Waals surface area contributed by atoms with Gasteiger partial charge in [0, 0.05) is 22.6 Å². The number of anilines is 1. The zero-order valence-corrected chi connectivity index (χ0v) is 17.2. The standard InChI is InChI=1S/C24H18ClFN2O3/c1-14(15-2-4-16(5-3-15)24(29)30)28-23-22-19(12-13-27-23)20(25)10-11-21(22)31-18-8-6-17(26)7-9-18/h2-14H,1H3,(H,27,28)(H,29,30)/t14-/m0/s1. The van der Waals surface area contributed by atoms with Crippen LogP contribution in [-0.4, -0.2) is 16.1 Å². The van der Waals surface area contributed by atoms with Crippen LogP contribution >= 0.6 is 11.6 Å². The van der Waals surface area contributed by atoms with Crippen LogP contribution in [0.15, 0.2) is 72.9 Å². The number of benzene rings is 3. The second-order valence-electron chi connectivity index (χ2n) is 6.98. The fourth-order valence-electron chi connectivity index (χ4n) is 3.26. The summed E-state index contributed by atoms with van der Waals surface area (Å²) in [4.78, 5) is 15.6. The first-order chi connectivity index (χ1) is 14.9. The van der Waals surface area contributed by atoms with Crippen LogP contribution in [0, 0.1) is 5.82 Å². The average Bonchev–Trinajstić information content (AvgIpc) is 2.77. The van der Waals surface area contributed by atoms with Crippen molar-refractivity contribution in [3.8, 4) is 11.5 Å². The molecule has 4 rings (SSSR count). The molecule has 0 saturated heterocycles. The first kappa shape index (κ1) is 20.6. The molecular formula is C24H18ClFN2O3. The van der Waals surface area contributed by atoms with Gasteiger partial charge in [-0.15, -0.1) is 0 Å². The van der Waals surface area contributed by atoms with Crippen molar-refractivity contribution in [3.05, 3.63) is 94.9 Å². The monoisotopic (exact) mass is 436 g/mol. The van der Waals surface area contributed by atoms with E-state index in [0.29, 0.717) is 27.7 Å². The van der Waals surface area contributed by atoms with Crippen LogP contribution in [0.5, 0.6) is 11.5 Å². The molecule has 0 aliphatic heterocycles. The van der Waals surface area contributed by atoms with Crippen molar-refractivity contribution >= 4 is 34.2 Å². The minimum Gasteiger partial charge on any atom is -0.478 e. The van der Waals surface area contributed by atoms with E-state index >= 15 is 0 Å². The Kier molecular flexibility index (Phi) is 5.73. The number of hydrogen-bond donors (Lipinski definition) is 2. The lowest BCUT2D eigenvalue weighted by Gasteiger charge is -2.18. The summed E-state index contributed by atoms with van der Waals surface area (Å²) >= 11 is 6.41. The summed E-state index contributed by atoms with van der Waals surface area (Å²) in [5, 5.41) is 14.4. The largest absolute Gasteiger partial charge is 0.478 e. The number of rotatable bonds is 6. The molecule has 1 aromatic heterocycles. The predicted molar refractivity (Wildman–Crippen MR) is 119 cm³/mol. The summed E-state index contributed by atoms with van der Waals surface area (Å²) in [5.41, 5.74) is 1.12. The molecule has 5 nitrogen and oxygen atoms in total. The van der Waals surface area contributed by atoms with Crippen LogP contribution in [0.1, 0.15) is 28.9 Å². The van der Waals surface area contributed by atoms with Gasteiger partial charge in [0.05, 0.1) is 10.9 Å². The summed E-state index contributed by atoms with van der Waals surface area (Å²) in [5.74, 6) is 0.249. The number of nitrogens with one attached hydrogen (secondary N) is 1. The summed E-state index contributed by atoms with van der Waals surface area (Å²) in [6.45, 7) is 1.95. The number of fused-ring (bicyclic) bond motifs is 1. The lowest BCUT2D eigenvalue weighted by molar-refractivity contribution is 0.0697. The third-order valence-corrected chi connectivity index (χ3v) is 5.22. The zero-order valence-electron chi connectivity index (χ0n) is 16.5. The fourth-order valence-corrected chi connectivity index (χ4v) is 3.48. The smallest absolute Gasteiger partial charge is 0.335 e. The summed E-state index contributed by atoms with van der Waals surface area (Å²) in [6.07, 6.45) is 1.65. The molecule has 4 aromatic rings. The highest BCUT2D eigenvalue weighted by Crippen LogP contribution is 2.38. The van der Waals surface area contributed by atoms with Gasteiger partial charge in [0.15, 0.2) is 0 Å². The van der Waals surface area contributed by atoms with Crippen molar-refractivity contribution < 1.29 is 19.0 Å². The maximum Gasteiger partial charge on any atom is 0.335 e. The predicted octanol–water partition coefficient (Wildman–Crippen LogP) is 6.69. The summed E-state index contributed by atoms with van der Waals surface area (Å²) in [6, 6.07) is 17.5. The van der Waals surface area contributed by atoms with E-state index in [2.05, 4.69) is 10.3 Å². The molecule has 1 heterocycles. The molecule has 1 atom stereocenters. The number of pyridine rings is 1. The maximum absolute atomic E-state index is 13.2. The molecule has 0 unspecified atom stereocenters. The van der Waals surface area contributed by atoms with Gasteiger partial charge in [-0.25, -0.2) is 14.2 Å². The normalized spacial score (nSPS) is 11.8. The third-order valence-electron chi connectivity index (χ3n) is 4.89. The number of carboxylic acids is 1. The lowest BCUT2D eigenvalue weighted by atomic mass is 10.1. The number of aromatic nitrogens is 1. The Labute approximate surface area is 183 Å². The Morgan fingerprint density at radius 1 is 1.06 bits per heavy atom. The minimum atomic E-state index is -0.972. The minimum absolute atomic E-state index is 0.168. The second-order valence-corrected chi connectivity index (χ2v) is 7.38. The van der Waals surface area contributed by atoms with Gasteiger partial charge in [0.1, 0.15) is 23.1 Å². The maximum atomic E-state index is 13.2. The summed E-state index contributed by atoms with van der Waals surface area (Å²) < 4.78 is 19.2. The molecule has 0 spiro atoms. The quantitative estimate of drug-likeness (QED) is 0.352. The molecule has 0 aliphatic carbocycles. The molecule has 0 fully saturated rings. The molecular weight excluding hydrogens is 419 g/mol. The molecule has 0 saturated carbocycles. The molecule has 2 N–H and O–H groups in total. The van der Waals surface area contributed by atoms with Gasteiger partial charge in [-0.2, -0.15) is 0 Å². The van der Waals surface area contributed by atoms with Crippen LogP contribution < -0.4 is 10.1 Å². The molecule has 3 aromatic carbocycles. The Bertz CT molecular complexity index is 1240. The van der Waals surface area contributed by atoms with Gasteiger partial charge in [-0.3, -0.25) is 0 Å². The topological polar surface area (TPSA) is 71.5 Å². The number of ether oxygens (including phenoxy) is 1.